The molecule has 0 saturated carbocycles. The van der Waals surface area contributed by atoms with E-state index in [4.69, 9.17) is 4.98 Å². The molecule has 0 amide bonds. The molecule has 9 aromatic rings. The summed E-state index contributed by atoms with van der Waals surface area (Å²) in [5.74, 6) is 0. The van der Waals surface area contributed by atoms with E-state index in [1.54, 1.807) is 6.20 Å². The van der Waals surface area contributed by atoms with E-state index in [2.05, 4.69) is 120 Å². The summed E-state index contributed by atoms with van der Waals surface area (Å²) in [5, 5.41) is 12.4. The molecule has 0 aliphatic heterocycles. The van der Waals surface area contributed by atoms with Crippen molar-refractivity contribution < 1.29 is 20.1 Å². The quantitative estimate of drug-likeness (QED) is 0.130. The number of benzene rings is 7. The average molecular weight is 751 g/mol. The Balaban J connectivity index is 0.000000211. The van der Waals surface area contributed by atoms with Crippen LogP contribution in [0.25, 0.3) is 76.4 Å². The first kappa shape index (κ1) is 28.6. The Morgan fingerprint density at radius 1 is 0.400 bits per heavy atom. The molecule has 0 atom stereocenters. The second-order valence-corrected chi connectivity index (χ2v) is 10.8. The number of aromatic nitrogens is 2. The molecule has 0 fully saturated rings. The molecule has 3 heteroatoms. The van der Waals surface area contributed by atoms with E-state index < -0.39 is 0 Å². The number of hydrogen-bond donors (Lipinski definition) is 0. The van der Waals surface area contributed by atoms with E-state index in [-0.39, 0.29) is 20.1 Å². The van der Waals surface area contributed by atoms with E-state index in [1.165, 1.54) is 48.5 Å². The third-order valence-electron chi connectivity index (χ3n) is 8.25. The van der Waals surface area contributed by atoms with Gasteiger partial charge in [-0.15, -0.1) is 59.7 Å². The van der Waals surface area contributed by atoms with Crippen LogP contribution in [0.2, 0.25) is 0 Å². The Bertz CT molecular complexity index is 2400. The average Bonchev–Trinajstić information content (AvgIpc) is 3.12. The zero-order chi connectivity index (χ0) is 29.3. The monoisotopic (exact) mass is 751 g/mol. The molecule has 0 N–H and O–H groups in total. The smallest absolute Gasteiger partial charge is 0.0167 e. The zero-order valence-electron chi connectivity index (χ0n) is 24.2. The molecule has 1 radical (unpaired) electrons. The van der Waals surface area contributed by atoms with E-state index >= 15 is 0 Å². The molecular formula is C42H26IrN2-2. The fraction of sp³-hybridized carbons (Fsp3) is 0. The van der Waals surface area contributed by atoms with Crippen molar-refractivity contribution in [1.29, 1.82) is 0 Å². The van der Waals surface area contributed by atoms with Gasteiger partial charge in [0.1, 0.15) is 0 Å². The molecule has 0 aliphatic carbocycles. The van der Waals surface area contributed by atoms with Crippen LogP contribution in [0.5, 0.6) is 0 Å². The minimum Gasteiger partial charge on any atom is -0.305 e. The second-order valence-electron chi connectivity index (χ2n) is 10.8. The standard InChI is InChI=1S/C31H18N.C11H8N.Ir/c1-3-7-24-21(6-1)13-14-27-26(24)15-16-29-28(27)17-18-32-31(29)23-12-11-22-10-9-20-5-2-4-8-25(20)30(22)19-23;1-2-6-10(7-3-1)11-8-4-5-9-12-11;/h1-11,13-19H;1-6,8-9H;/q2*-1;. The molecule has 2 aromatic heterocycles. The molecule has 0 spiro atoms. The molecule has 215 valence electrons. The van der Waals surface area contributed by atoms with E-state index in [1.807, 2.05) is 48.7 Å². The predicted molar refractivity (Wildman–Crippen MR) is 185 cm³/mol. The Hall–Kier alpha value is -5.21. The van der Waals surface area contributed by atoms with E-state index in [0.717, 1.165) is 27.9 Å². The normalized spacial score (nSPS) is 10.9. The van der Waals surface area contributed by atoms with Gasteiger partial charge in [-0.1, -0.05) is 108 Å². The topological polar surface area (TPSA) is 25.8 Å². The SMILES string of the molecule is [Ir].[c-]1cc2ccc3ccccc3c2cc1-c1nccc2c1ccc1c3ccccc3ccc21.[c-]1ccccc1-c1ccccn1. The van der Waals surface area contributed by atoms with Gasteiger partial charge in [0, 0.05) is 32.5 Å². The van der Waals surface area contributed by atoms with Crippen molar-refractivity contribution in [1.82, 2.24) is 9.97 Å². The van der Waals surface area contributed by atoms with Gasteiger partial charge in [-0.2, -0.15) is 0 Å². The number of fused-ring (bicyclic) bond motifs is 8. The van der Waals surface area contributed by atoms with Gasteiger partial charge >= 0.3 is 0 Å². The molecule has 9 rings (SSSR count). The largest absolute Gasteiger partial charge is 0.305 e. The van der Waals surface area contributed by atoms with Crippen LogP contribution < -0.4 is 0 Å². The minimum absolute atomic E-state index is 0. The second kappa shape index (κ2) is 12.4. The van der Waals surface area contributed by atoms with Crippen LogP contribution in [0.3, 0.4) is 0 Å². The van der Waals surface area contributed by atoms with Gasteiger partial charge in [0.15, 0.2) is 0 Å². The Labute approximate surface area is 275 Å². The van der Waals surface area contributed by atoms with Gasteiger partial charge in [-0.05, 0) is 66.6 Å². The van der Waals surface area contributed by atoms with Crippen molar-refractivity contribution in [3.63, 3.8) is 0 Å². The van der Waals surface area contributed by atoms with Crippen molar-refractivity contribution >= 4 is 53.9 Å². The zero-order valence-corrected chi connectivity index (χ0v) is 26.6. The van der Waals surface area contributed by atoms with Crippen LogP contribution in [0.15, 0.2) is 158 Å². The summed E-state index contributed by atoms with van der Waals surface area (Å²) in [6.07, 6.45) is 3.71. The Morgan fingerprint density at radius 3 is 1.82 bits per heavy atom. The van der Waals surface area contributed by atoms with Crippen molar-refractivity contribution in [2.75, 3.05) is 0 Å². The molecule has 7 aromatic carbocycles. The minimum atomic E-state index is 0. The predicted octanol–water partition coefficient (Wildman–Crippen LogP) is 10.9. The number of pyridine rings is 2. The third-order valence-corrected chi connectivity index (χ3v) is 8.25. The maximum atomic E-state index is 4.80. The fourth-order valence-electron chi connectivity index (χ4n) is 6.12. The summed E-state index contributed by atoms with van der Waals surface area (Å²) in [4.78, 5) is 9.02. The van der Waals surface area contributed by atoms with Crippen LogP contribution in [0.4, 0.5) is 0 Å². The number of rotatable bonds is 2. The summed E-state index contributed by atoms with van der Waals surface area (Å²) in [6.45, 7) is 0. The maximum Gasteiger partial charge on any atom is 0.0167 e. The van der Waals surface area contributed by atoms with Gasteiger partial charge in [-0.25, -0.2) is 0 Å². The molecule has 2 heterocycles. The fourth-order valence-corrected chi connectivity index (χ4v) is 6.12. The van der Waals surface area contributed by atoms with E-state index in [0.29, 0.717) is 0 Å². The first-order valence-electron chi connectivity index (χ1n) is 14.7. The molecule has 45 heavy (non-hydrogen) atoms. The number of nitrogens with zero attached hydrogens (tertiary/aromatic N) is 2. The van der Waals surface area contributed by atoms with Crippen LogP contribution >= 0.6 is 0 Å². The third kappa shape index (κ3) is 5.38. The Kier molecular flexibility index (Phi) is 7.88. The first-order valence-corrected chi connectivity index (χ1v) is 14.7. The molecule has 0 bridgehead atoms. The maximum absolute atomic E-state index is 4.80. The van der Waals surface area contributed by atoms with Crippen LogP contribution in [0, 0.1) is 12.1 Å². The molecule has 2 nitrogen and oxygen atoms in total. The van der Waals surface area contributed by atoms with Crippen molar-refractivity contribution in [3.8, 4) is 22.5 Å². The van der Waals surface area contributed by atoms with Gasteiger partial charge in [0.2, 0.25) is 0 Å². The Morgan fingerprint density at radius 2 is 1.04 bits per heavy atom. The summed E-state index contributed by atoms with van der Waals surface area (Å²) >= 11 is 0. The van der Waals surface area contributed by atoms with E-state index in [9.17, 15) is 0 Å². The first-order chi connectivity index (χ1) is 21.8. The molecular weight excluding hydrogens is 725 g/mol. The molecule has 0 unspecified atom stereocenters. The van der Waals surface area contributed by atoms with Crippen molar-refractivity contribution in [2.24, 2.45) is 0 Å². The van der Waals surface area contributed by atoms with Crippen LogP contribution in [-0.4, -0.2) is 9.97 Å². The van der Waals surface area contributed by atoms with Crippen LogP contribution in [0.1, 0.15) is 0 Å². The summed E-state index contributed by atoms with van der Waals surface area (Å²) < 4.78 is 0. The number of hydrogen-bond acceptors (Lipinski definition) is 2. The van der Waals surface area contributed by atoms with Crippen molar-refractivity contribution in [3.05, 3.63) is 170 Å². The van der Waals surface area contributed by atoms with Gasteiger partial charge in [0.05, 0.1) is 0 Å². The van der Waals surface area contributed by atoms with Gasteiger partial charge in [-0.3, -0.25) is 0 Å². The van der Waals surface area contributed by atoms with Crippen molar-refractivity contribution in [2.45, 2.75) is 0 Å². The van der Waals surface area contributed by atoms with Crippen LogP contribution in [-0.2, 0) is 20.1 Å². The summed E-state index contributed by atoms with van der Waals surface area (Å²) in [7, 11) is 0. The summed E-state index contributed by atoms with van der Waals surface area (Å²) in [5.41, 5.74) is 4.02. The molecule has 0 saturated heterocycles. The summed E-state index contributed by atoms with van der Waals surface area (Å²) in [6, 6.07) is 57.2. The van der Waals surface area contributed by atoms with Gasteiger partial charge in [0.25, 0.3) is 0 Å². The molecule has 0 aliphatic rings. The van der Waals surface area contributed by atoms with Gasteiger partial charge < -0.3 is 9.97 Å².